The van der Waals surface area contributed by atoms with Gasteiger partial charge < -0.3 is 4.42 Å². The van der Waals surface area contributed by atoms with Crippen molar-refractivity contribution in [3.05, 3.63) is 83.6 Å². The Balaban J connectivity index is 1.79. The molecule has 0 aliphatic rings. The van der Waals surface area contributed by atoms with E-state index in [-0.39, 0.29) is 0 Å². The minimum absolute atomic E-state index is 0.355. The van der Waals surface area contributed by atoms with Gasteiger partial charge in [-0.05, 0) is 29.7 Å². The van der Waals surface area contributed by atoms with Crippen molar-refractivity contribution < 1.29 is 9.21 Å². The Morgan fingerprint density at radius 2 is 1.50 bits per heavy atom. The number of carbonyl (C=O) groups excluding carboxylic acids is 1. The molecule has 2 nitrogen and oxygen atoms in total. The molecule has 2 aromatic carbocycles. The molecule has 3 aromatic rings. The number of rotatable bonds is 4. The average Bonchev–Trinajstić information content (AvgIpc) is 2.98. The number of hydrogen-bond donors (Lipinski definition) is 0. The van der Waals surface area contributed by atoms with Gasteiger partial charge in [-0.25, -0.2) is 0 Å². The van der Waals surface area contributed by atoms with Crippen molar-refractivity contribution in [2.75, 3.05) is 0 Å². The van der Waals surface area contributed by atoms with Crippen LogP contribution in [0.25, 0.3) is 11.3 Å². The van der Waals surface area contributed by atoms with Gasteiger partial charge in [-0.1, -0.05) is 54.6 Å². The van der Waals surface area contributed by atoms with Crippen LogP contribution in [0.15, 0.2) is 71.1 Å². The molecule has 0 N–H and O–H groups in total. The Kier molecular flexibility index (Phi) is 3.46. The summed E-state index contributed by atoms with van der Waals surface area (Å²) in [6, 6.07) is 22.1. The van der Waals surface area contributed by atoms with Crippen LogP contribution in [0.3, 0.4) is 0 Å². The average molecular weight is 262 g/mol. The van der Waals surface area contributed by atoms with E-state index in [9.17, 15) is 4.79 Å². The molecule has 0 saturated heterocycles. The second-order valence-electron chi connectivity index (χ2n) is 4.68. The van der Waals surface area contributed by atoms with Crippen LogP contribution < -0.4 is 0 Å². The summed E-state index contributed by atoms with van der Waals surface area (Å²) in [6.07, 6.45) is 1.63. The molecule has 0 atom stereocenters. The summed E-state index contributed by atoms with van der Waals surface area (Å²) < 4.78 is 5.41. The van der Waals surface area contributed by atoms with Crippen LogP contribution in [0.1, 0.15) is 21.7 Å². The lowest BCUT2D eigenvalue weighted by Gasteiger charge is -2.03. The fraction of sp³-hybridized carbons (Fsp3) is 0.0556. The Labute approximate surface area is 117 Å². The van der Waals surface area contributed by atoms with Crippen LogP contribution in [0.4, 0.5) is 0 Å². The third-order valence-corrected chi connectivity index (χ3v) is 3.23. The van der Waals surface area contributed by atoms with Crippen LogP contribution in [0, 0.1) is 0 Å². The highest BCUT2D eigenvalue weighted by molar-refractivity contribution is 5.72. The molecule has 1 heterocycles. The Bertz CT molecular complexity index is 694. The molecule has 0 fully saturated rings. The van der Waals surface area contributed by atoms with Crippen LogP contribution in [0.5, 0.6) is 0 Å². The van der Waals surface area contributed by atoms with E-state index in [1.54, 1.807) is 6.07 Å². The summed E-state index contributed by atoms with van der Waals surface area (Å²) in [4.78, 5) is 10.6. The summed E-state index contributed by atoms with van der Waals surface area (Å²) in [5.74, 6) is 1.08. The van der Waals surface area contributed by atoms with Gasteiger partial charge in [-0.15, -0.1) is 0 Å². The topological polar surface area (TPSA) is 30.2 Å². The first-order chi connectivity index (χ1) is 9.85. The van der Waals surface area contributed by atoms with Gasteiger partial charge in [0.05, 0.1) is 0 Å². The smallest absolute Gasteiger partial charge is 0.185 e. The minimum atomic E-state index is 0.355. The van der Waals surface area contributed by atoms with Crippen molar-refractivity contribution in [1.82, 2.24) is 0 Å². The lowest BCUT2D eigenvalue weighted by atomic mass is 10.0. The third kappa shape index (κ3) is 2.69. The Morgan fingerprint density at radius 1 is 0.800 bits per heavy atom. The quantitative estimate of drug-likeness (QED) is 0.654. The lowest BCUT2D eigenvalue weighted by molar-refractivity contribution is 0.110. The molecular formula is C18H14O2. The van der Waals surface area contributed by atoms with Gasteiger partial charge >= 0.3 is 0 Å². The first-order valence-corrected chi connectivity index (χ1v) is 6.53. The van der Waals surface area contributed by atoms with E-state index in [0.29, 0.717) is 12.0 Å². The van der Waals surface area contributed by atoms with Gasteiger partial charge in [0.25, 0.3) is 0 Å². The second kappa shape index (κ2) is 5.57. The van der Waals surface area contributed by atoms with E-state index in [0.717, 1.165) is 17.7 Å². The van der Waals surface area contributed by atoms with Gasteiger partial charge in [-0.3, -0.25) is 4.79 Å². The van der Waals surface area contributed by atoms with Gasteiger partial charge in [0.2, 0.25) is 0 Å². The maximum absolute atomic E-state index is 10.6. The molecule has 1 aromatic heterocycles. The highest BCUT2D eigenvalue weighted by Crippen LogP contribution is 2.22. The second-order valence-corrected chi connectivity index (χ2v) is 4.68. The molecular weight excluding hydrogens is 248 g/mol. The largest absolute Gasteiger partial charge is 0.453 e. The zero-order chi connectivity index (χ0) is 13.8. The SMILES string of the molecule is O=Cc1ccc(-c2ccc(Cc3ccccc3)cc2)o1. The molecule has 0 unspecified atom stereocenters. The highest BCUT2D eigenvalue weighted by Gasteiger charge is 2.04. The van der Waals surface area contributed by atoms with Gasteiger partial charge in [-0.2, -0.15) is 0 Å². The number of carbonyl (C=O) groups is 1. The van der Waals surface area contributed by atoms with E-state index in [4.69, 9.17) is 4.42 Å². The molecule has 0 aliphatic carbocycles. The first kappa shape index (κ1) is 12.4. The molecule has 0 bridgehead atoms. The predicted molar refractivity (Wildman–Crippen MR) is 78.8 cm³/mol. The van der Waals surface area contributed by atoms with E-state index < -0.39 is 0 Å². The summed E-state index contributed by atoms with van der Waals surface area (Å²) >= 11 is 0. The summed E-state index contributed by atoms with van der Waals surface area (Å²) in [6.45, 7) is 0. The van der Waals surface area contributed by atoms with Crippen LogP contribution in [0.2, 0.25) is 0 Å². The maximum Gasteiger partial charge on any atom is 0.185 e. The molecule has 0 radical (unpaired) electrons. The summed E-state index contributed by atoms with van der Waals surface area (Å²) in [7, 11) is 0. The number of furan rings is 1. The maximum atomic E-state index is 10.6. The zero-order valence-electron chi connectivity index (χ0n) is 11.0. The molecule has 0 spiro atoms. The van der Waals surface area contributed by atoms with Gasteiger partial charge in [0, 0.05) is 5.56 Å². The van der Waals surface area contributed by atoms with E-state index in [1.165, 1.54) is 11.1 Å². The van der Waals surface area contributed by atoms with Crippen molar-refractivity contribution in [1.29, 1.82) is 0 Å². The van der Waals surface area contributed by atoms with E-state index in [2.05, 4.69) is 24.3 Å². The summed E-state index contributed by atoms with van der Waals surface area (Å²) in [5, 5.41) is 0. The predicted octanol–water partition coefficient (Wildman–Crippen LogP) is 4.35. The third-order valence-electron chi connectivity index (χ3n) is 3.23. The molecule has 98 valence electrons. The van der Waals surface area contributed by atoms with Gasteiger partial charge in [0.1, 0.15) is 5.76 Å². The lowest BCUT2D eigenvalue weighted by Crippen LogP contribution is -1.87. The fourth-order valence-corrected chi connectivity index (χ4v) is 2.19. The van der Waals surface area contributed by atoms with Crippen LogP contribution >= 0.6 is 0 Å². The Morgan fingerprint density at radius 3 is 2.15 bits per heavy atom. The number of aldehydes is 1. The number of hydrogen-bond acceptors (Lipinski definition) is 2. The minimum Gasteiger partial charge on any atom is -0.453 e. The van der Waals surface area contributed by atoms with Crippen molar-refractivity contribution in [3.63, 3.8) is 0 Å². The molecule has 0 saturated carbocycles. The fourth-order valence-electron chi connectivity index (χ4n) is 2.19. The molecule has 20 heavy (non-hydrogen) atoms. The molecule has 3 rings (SSSR count). The summed E-state index contributed by atoms with van der Waals surface area (Å²) in [5.41, 5.74) is 3.53. The van der Waals surface area contributed by atoms with E-state index in [1.807, 2.05) is 36.4 Å². The zero-order valence-corrected chi connectivity index (χ0v) is 11.0. The molecule has 0 aliphatic heterocycles. The van der Waals surface area contributed by atoms with Crippen LogP contribution in [-0.4, -0.2) is 6.29 Å². The normalized spacial score (nSPS) is 10.4. The monoisotopic (exact) mass is 262 g/mol. The Hall–Kier alpha value is -2.61. The van der Waals surface area contributed by atoms with E-state index >= 15 is 0 Å². The van der Waals surface area contributed by atoms with Crippen molar-refractivity contribution in [3.8, 4) is 11.3 Å². The molecule has 2 heteroatoms. The van der Waals surface area contributed by atoms with Crippen molar-refractivity contribution in [2.24, 2.45) is 0 Å². The van der Waals surface area contributed by atoms with Crippen LogP contribution in [-0.2, 0) is 6.42 Å². The first-order valence-electron chi connectivity index (χ1n) is 6.53. The van der Waals surface area contributed by atoms with Crippen molar-refractivity contribution >= 4 is 6.29 Å². The molecule has 0 amide bonds. The number of benzene rings is 2. The highest BCUT2D eigenvalue weighted by atomic mass is 16.3. The standard InChI is InChI=1S/C18H14O2/c19-13-17-10-11-18(20-17)16-8-6-15(7-9-16)12-14-4-2-1-3-5-14/h1-11,13H,12H2. The van der Waals surface area contributed by atoms with Gasteiger partial charge in [0.15, 0.2) is 12.0 Å². The van der Waals surface area contributed by atoms with Crippen molar-refractivity contribution in [2.45, 2.75) is 6.42 Å².